The Bertz CT molecular complexity index is 327. The van der Waals surface area contributed by atoms with E-state index in [-0.39, 0.29) is 0 Å². The van der Waals surface area contributed by atoms with Gasteiger partial charge in [0.05, 0.1) is 7.11 Å². The van der Waals surface area contributed by atoms with E-state index >= 15 is 0 Å². The van der Waals surface area contributed by atoms with Gasteiger partial charge in [0, 0.05) is 5.56 Å². The fourth-order valence-electron chi connectivity index (χ4n) is 1.54. The molecule has 2 nitrogen and oxygen atoms in total. The molecule has 0 atom stereocenters. The number of aryl methyl sites for hydroxylation is 2. The van der Waals surface area contributed by atoms with E-state index in [1.165, 1.54) is 0 Å². The van der Waals surface area contributed by atoms with Gasteiger partial charge >= 0.3 is 0 Å². The van der Waals surface area contributed by atoms with Crippen LogP contribution in [0.2, 0.25) is 0 Å². The van der Waals surface area contributed by atoms with Crippen LogP contribution in [0, 0.1) is 20.4 Å². The quantitative estimate of drug-likeness (QED) is 0.630. The number of nitrogens with zero attached hydrogens (tertiary/aromatic N) is 1. The number of rotatable bonds is 2. The normalized spacial score (nSPS) is 9.38. The van der Waals surface area contributed by atoms with Crippen molar-refractivity contribution in [1.29, 1.82) is 0 Å². The van der Waals surface area contributed by atoms with Crippen molar-refractivity contribution in [1.82, 2.24) is 0 Å². The molecule has 0 heterocycles. The Hall–Kier alpha value is -1.49. The lowest BCUT2D eigenvalue weighted by molar-refractivity contribution is 0.408. The van der Waals surface area contributed by atoms with Crippen LogP contribution < -0.4 is 4.74 Å². The summed E-state index contributed by atoms with van der Waals surface area (Å²) in [7, 11) is 1.67. The molecule has 0 aromatic heterocycles. The summed E-state index contributed by atoms with van der Waals surface area (Å²) in [5, 5.41) is 0. The molecule has 0 aliphatic carbocycles. The second kappa shape index (κ2) is 3.95. The first-order valence-electron chi connectivity index (χ1n) is 4.16. The summed E-state index contributed by atoms with van der Waals surface area (Å²) >= 11 is 0. The summed E-state index contributed by atoms with van der Waals surface area (Å²) in [6.45, 7) is 11.2. The van der Waals surface area contributed by atoms with Gasteiger partial charge < -0.3 is 9.58 Å². The molecule has 0 unspecified atom stereocenters. The van der Waals surface area contributed by atoms with E-state index in [0.717, 1.165) is 22.4 Å². The molecule has 0 spiro atoms. The number of benzene rings is 1. The van der Waals surface area contributed by atoms with Crippen LogP contribution in [0.5, 0.6) is 5.75 Å². The monoisotopic (exact) mass is 175 g/mol. The second-order valence-corrected chi connectivity index (χ2v) is 3.08. The van der Waals surface area contributed by atoms with Crippen molar-refractivity contribution in [3.63, 3.8) is 0 Å². The van der Waals surface area contributed by atoms with Crippen LogP contribution in [0.25, 0.3) is 4.85 Å². The lowest BCUT2D eigenvalue weighted by Gasteiger charge is -2.08. The van der Waals surface area contributed by atoms with Gasteiger partial charge in [0.15, 0.2) is 0 Å². The van der Waals surface area contributed by atoms with Crippen molar-refractivity contribution in [2.45, 2.75) is 20.4 Å². The number of hydrogen-bond acceptors (Lipinski definition) is 1. The fourth-order valence-corrected chi connectivity index (χ4v) is 1.54. The zero-order valence-electron chi connectivity index (χ0n) is 8.22. The lowest BCUT2D eigenvalue weighted by Crippen LogP contribution is -1.93. The summed E-state index contributed by atoms with van der Waals surface area (Å²) in [5.74, 6) is 0.925. The molecule has 13 heavy (non-hydrogen) atoms. The molecule has 0 saturated heterocycles. The highest BCUT2D eigenvalue weighted by Crippen LogP contribution is 2.24. The van der Waals surface area contributed by atoms with Crippen molar-refractivity contribution >= 4 is 0 Å². The van der Waals surface area contributed by atoms with Gasteiger partial charge in [-0.3, -0.25) is 0 Å². The standard InChI is InChI=1S/C11H13NO/c1-8-5-10(7-12-3)6-9(2)11(8)13-4/h5-6H,7H2,1-2,4H3. The molecule has 0 fully saturated rings. The third-order valence-electron chi connectivity index (χ3n) is 1.99. The smallest absolute Gasteiger partial charge is 0.239 e. The van der Waals surface area contributed by atoms with Crippen LogP contribution in [0.15, 0.2) is 12.1 Å². The molecular formula is C11H13NO. The second-order valence-electron chi connectivity index (χ2n) is 3.08. The van der Waals surface area contributed by atoms with Crippen LogP contribution in [0.4, 0.5) is 0 Å². The zero-order valence-corrected chi connectivity index (χ0v) is 8.22. The van der Waals surface area contributed by atoms with Gasteiger partial charge in [-0.2, -0.15) is 0 Å². The predicted molar refractivity (Wildman–Crippen MR) is 52.8 cm³/mol. The fraction of sp³-hybridized carbons (Fsp3) is 0.364. The maximum Gasteiger partial charge on any atom is 0.239 e. The molecule has 0 amide bonds. The van der Waals surface area contributed by atoms with Crippen LogP contribution >= 0.6 is 0 Å². The molecule has 0 radical (unpaired) electrons. The Morgan fingerprint density at radius 2 is 1.85 bits per heavy atom. The Kier molecular flexibility index (Phi) is 2.92. The van der Waals surface area contributed by atoms with E-state index in [1.54, 1.807) is 7.11 Å². The average Bonchev–Trinajstić information content (AvgIpc) is 2.04. The number of hydrogen-bond donors (Lipinski definition) is 0. The number of methoxy groups -OCH3 is 1. The maximum atomic E-state index is 6.77. The van der Waals surface area contributed by atoms with Gasteiger partial charge in [0.2, 0.25) is 6.54 Å². The number of ether oxygens (including phenoxy) is 1. The average molecular weight is 175 g/mol. The zero-order chi connectivity index (χ0) is 9.84. The SMILES string of the molecule is [C-]#[N+]Cc1cc(C)c(OC)c(C)c1. The molecule has 1 rings (SSSR count). The lowest BCUT2D eigenvalue weighted by atomic mass is 10.1. The molecule has 1 aromatic rings. The minimum Gasteiger partial charge on any atom is -0.496 e. The first-order valence-corrected chi connectivity index (χ1v) is 4.16. The summed E-state index contributed by atoms with van der Waals surface area (Å²) in [6, 6.07) is 4.01. The van der Waals surface area contributed by atoms with Crippen molar-refractivity contribution in [2.24, 2.45) is 0 Å². The van der Waals surface area contributed by atoms with E-state index in [2.05, 4.69) is 4.85 Å². The molecule has 0 saturated carbocycles. The molecule has 1 aromatic carbocycles. The first-order chi connectivity index (χ1) is 6.19. The minimum absolute atomic E-state index is 0.450. The van der Waals surface area contributed by atoms with E-state index in [4.69, 9.17) is 11.3 Å². The van der Waals surface area contributed by atoms with Crippen LogP contribution in [0.1, 0.15) is 16.7 Å². The Morgan fingerprint density at radius 1 is 1.31 bits per heavy atom. The third-order valence-corrected chi connectivity index (χ3v) is 1.99. The van der Waals surface area contributed by atoms with Crippen molar-refractivity contribution < 1.29 is 4.74 Å². The van der Waals surface area contributed by atoms with Gasteiger partial charge in [-0.15, -0.1) is 0 Å². The van der Waals surface area contributed by atoms with E-state index in [1.807, 2.05) is 26.0 Å². The Balaban J connectivity index is 3.14. The van der Waals surface area contributed by atoms with Crippen LogP contribution in [0.3, 0.4) is 0 Å². The highest BCUT2D eigenvalue weighted by Gasteiger charge is 2.05. The Morgan fingerprint density at radius 3 is 2.23 bits per heavy atom. The summed E-state index contributed by atoms with van der Waals surface area (Å²) in [4.78, 5) is 3.35. The third kappa shape index (κ3) is 2.00. The van der Waals surface area contributed by atoms with Crippen molar-refractivity contribution in [2.75, 3.05) is 7.11 Å². The molecule has 68 valence electrons. The van der Waals surface area contributed by atoms with Crippen LogP contribution in [-0.2, 0) is 6.54 Å². The van der Waals surface area contributed by atoms with Gasteiger partial charge in [-0.05, 0) is 37.1 Å². The maximum absolute atomic E-state index is 6.77. The summed E-state index contributed by atoms with van der Waals surface area (Å²) < 4.78 is 5.23. The summed E-state index contributed by atoms with van der Waals surface area (Å²) in [6.07, 6.45) is 0. The molecule has 0 aliphatic rings. The Labute approximate surface area is 79.0 Å². The van der Waals surface area contributed by atoms with Crippen molar-refractivity contribution in [3.8, 4) is 5.75 Å². The van der Waals surface area contributed by atoms with E-state index in [9.17, 15) is 0 Å². The minimum atomic E-state index is 0.450. The molecular weight excluding hydrogens is 162 g/mol. The molecule has 0 bridgehead atoms. The van der Waals surface area contributed by atoms with Gasteiger partial charge in [-0.25, -0.2) is 6.57 Å². The largest absolute Gasteiger partial charge is 0.496 e. The van der Waals surface area contributed by atoms with Gasteiger partial charge in [-0.1, -0.05) is 0 Å². The van der Waals surface area contributed by atoms with Crippen molar-refractivity contribution in [3.05, 3.63) is 40.2 Å². The van der Waals surface area contributed by atoms with E-state index < -0.39 is 0 Å². The first kappa shape index (κ1) is 9.60. The van der Waals surface area contributed by atoms with E-state index in [0.29, 0.717) is 6.54 Å². The molecule has 2 heteroatoms. The predicted octanol–water partition coefficient (Wildman–Crippen LogP) is 2.73. The van der Waals surface area contributed by atoms with Gasteiger partial charge in [0.1, 0.15) is 5.75 Å². The van der Waals surface area contributed by atoms with Gasteiger partial charge in [0.25, 0.3) is 0 Å². The highest BCUT2D eigenvalue weighted by molar-refractivity contribution is 5.43. The highest BCUT2D eigenvalue weighted by atomic mass is 16.5. The summed E-state index contributed by atoms with van der Waals surface area (Å²) in [5.41, 5.74) is 3.26. The molecule has 0 N–H and O–H groups in total. The van der Waals surface area contributed by atoms with Crippen LogP contribution in [-0.4, -0.2) is 7.11 Å². The topological polar surface area (TPSA) is 13.6 Å². The molecule has 0 aliphatic heterocycles.